The topological polar surface area (TPSA) is 148 Å². The van der Waals surface area contributed by atoms with E-state index in [0.29, 0.717) is 22.2 Å². The first-order valence-corrected chi connectivity index (χ1v) is 11.9. The van der Waals surface area contributed by atoms with E-state index in [0.717, 1.165) is 4.47 Å². The van der Waals surface area contributed by atoms with Gasteiger partial charge in [0.05, 0.1) is 10.7 Å². The fraction of sp³-hybridized carbons (Fsp3) is 0.438. The number of halogens is 1. The van der Waals surface area contributed by atoms with Crippen molar-refractivity contribution in [3.05, 3.63) is 28.1 Å². The van der Waals surface area contributed by atoms with Gasteiger partial charge in [-0.05, 0) is 38.9 Å². The Morgan fingerprint density at radius 2 is 2.26 bits per heavy atom. The van der Waals surface area contributed by atoms with Crippen LogP contribution in [-0.4, -0.2) is 80.7 Å². The van der Waals surface area contributed by atoms with Gasteiger partial charge in [-0.3, -0.25) is 19.2 Å². The number of β-lactam (4-membered cyclic amide) rings is 1. The third kappa shape index (κ3) is 4.08. The van der Waals surface area contributed by atoms with Gasteiger partial charge in [0.25, 0.3) is 5.91 Å². The van der Waals surface area contributed by atoms with Crippen LogP contribution in [0.25, 0.3) is 0 Å². The number of aliphatic carboxylic acids is 1. The van der Waals surface area contributed by atoms with Gasteiger partial charge in [-0.25, -0.2) is 9.48 Å². The van der Waals surface area contributed by atoms with Gasteiger partial charge in [0.15, 0.2) is 0 Å². The Morgan fingerprint density at radius 3 is 2.87 bits per heavy atom. The van der Waals surface area contributed by atoms with E-state index in [4.69, 9.17) is 0 Å². The normalized spacial score (nSPS) is 21.5. The number of nitrogens with zero attached hydrogens (tertiary/aromatic N) is 7. The Balaban J connectivity index is 1.46. The zero-order valence-corrected chi connectivity index (χ0v) is 19.5. The zero-order valence-electron chi connectivity index (χ0n) is 16.3. The number of thioether (sulfide) groups is 2. The summed E-state index contributed by atoms with van der Waals surface area (Å²) in [6, 6.07) is -1.41. The number of carbonyl (C=O) groups is 3. The third-order valence-corrected chi connectivity index (χ3v) is 7.70. The molecule has 4 rings (SSSR count). The molecule has 164 valence electrons. The zero-order chi connectivity index (χ0) is 22.3. The van der Waals surface area contributed by atoms with Crippen LogP contribution in [0.5, 0.6) is 0 Å². The number of nitrogens with one attached hydrogen (secondary N) is 1. The van der Waals surface area contributed by atoms with Gasteiger partial charge in [-0.1, -0.05) is 11.8 Å². The van der Waals surface area contributed by atoms with Crippen LogP contribution in [0.2, 0.25) is 0 Å². The number of hydrogen-bond acceptors (Lipinski definition) is 9. The second-order valence-electron chi connectivity index (χ2n) is 6.84. The van der Waals surface area contributed by atoms with Crippen molar-refractivity contribution >= 4 is 57.2 Å². The molecule has 3 atom stereocenters. The minimum Gasteiger partial charge on any atom is -0.477 e. The molecule has 2 N–H and O–H groups in total. The highest BCUT2D eigenvalue weighted by molar-refractivity contribution is 9.10. The second-order valence-corrected chi connectivity index (χ2v) is 9.80. The molecule has 0 spiro atoms. The summed E-state index contributed by atoms with van der Waals surface area (Å²) in [5.41, 5.74) is 0.570. The van der Waals surface area contributed by atoms with Crippen LogP contribution in [-0.2, 0) is 21.4 Å². The van der Waals surface area contributed by atoms with Crippen molar-refractivity contribution in [1.82, 2.24) is 40.2 Å². The summed E-state index contributed by atoms with van der Waals surface area (Å²) >= 11 is 5.99. The predicted molar refractivity (Wildman–Crippen MR) is 114 cm³/mol. The van der Waals surface area contributed by atoms with E-state index in [2.05, 4.69) is 41.9 Å². The molecule has 0 aromatic carbocycles. The molecular weight excluding hydrogens is 512 g/mol. The molecular formula is C16H17BrN8O4S2. The molecule has 0 saturated carbocycles. The summed E-state index contributed by atoms with van der Waals surface area (Å²) < 4.78 is 3.71. The minimum absolute atomic E-state index is 0.0362. The molecule has 4 heterocycles. The number of rotatable bonds is 7. The maximum atomic E-state index is 12.8. The number of aromatic nitrogens is 6. The van der Waals surface area contributed by atoms with E-state index in [9.17, 15) is 19.5 Å². The van der Waals surface area contributed by atoms with Crippen molar-refractivity contribution < 1.29 is 19.5 Å². The van der Waals surface area contributed by atoms with Gasteiger partial charge in [0.1, 0.15) is 23.2 Å². The fourth-order valence-corrected chi connectivity index (χ4v) is 5.85. The van der Waals surface area contributed by atoms with Crippen LogP contribution in [0.3, 0.4) is 0 Å². The first kappa shape index (κ1) is 21.8. The summed E-state index contributed by atoms with van der Waals surface area (Å²) in [6.07, 6.45) is 3.23. The standard InChI is InChI=1S/C16H17BrN8O4S2/c1-7(24-4-9(17)3-18-24)12(26)19-10-13(27)25-11(15(28)29)8(5-30-14(10)25)6-31-16-20-21-22-23(16)2/h3-4,7,10,14H,5-6H2,1-2H3,(H,19,26)(H,28,29)/t7-,10-,14-/m1/s1. The maximum absolute atomic E-state index is 12.8. The van der Waals surface area contributed by atoms with E-state index in [-0.39, 0.29) is 11.6 Å². The van der Waals surface area contributed by atoms with Crippen molar-refractivity contribution in [3.63, 3.8) is 0 Å². The summed E-state index contributed by atoms with van der Waals surface area (Å²) in [7, 11) is 1.69. The van der Waals surface area contributed by atoms with Gasteiger partial charge >= 0.3 is 5.97 Å². The van der Waals surface area contributed by atoms with Crippen LogP contribution in [0.1, 0.15) is 13.0 Å². The molecule has 12 nitrogen and oxygen atoms in total. The number of carboxylic acids is 1. The minimum atomic E-state index is -1.18. The summed E-state index contributed by atoms with van der Waals surface area (Å²) in [5.74, 6) is -1.24. The first-order valence-electron chi connectivity index (χ1n) is 9.03. The average molecular weight is 529 g/mol. The number of fused-ring (bicyclic) bond motifs is 1. The van der Waals surface area contributed by atoms with Crippen molar-refractivity contribution in [1.29, 1.82) is 0 Å². The van der Waals surface area contributed by atoms with Crippen LogP contribution in [0, 0.1) is 0 Å². The molecule has 15 heteroatoms. The third-order valence-electron chi connectivity index (χ3n) is 4.85. The highest BCUT2D eigenvalue weighted by Crippen LogP contribution is 2.41. The lowest BCUT2D eigenvalue weighted by molar-refractivity contribution is -0.151. The van der Waals surface area contributed by atoms with E-state index < -0.39 is 29.3 Å². The van der Waals surface area contributed by atoms with Gasteiger partial charge in [-0.15, -0.1) is 16.9 Å². The number of amides is 2. The predicted octanol–water partition coefficient (Wildman–Crippen LogP) is 0.261. The number of hydrogen-bond donors (Lipinski definition) is 2. The molecule has 0 bridgehead atoms. The molecule has 0 aliphatic carbocycles. The molecule has 0 radical (unpaired) electrons. The van der Waals surface area contributed by atoms with Gasteiger partial charge in [-0.2, -0.15) is 5.10 Å². The van der Waals surface area contributed by atoms with Crippen LogP contribution in [0.4, 0.5) is 0 Å². The summed E-state index contributed by atoms with van der Waals surface area (Å²) in [6.45, 7) is 1.67. The first-order chi connectivity index (χ1) is 14.8. The number of aryl methyl sites for hydroxylation is 1. The molecule has 31 heavy (non-hydrogen) atoms. The van der Waals surface area contributed by atoms with Crippen molar-refractivity contribution in [2.45, 2.75) is 29.5 Å². The molecule has 1 fully saturated rings. The fourth-order valence-electron chi connectivity index (χ4n) is 3.21. The van der Waals surface area contributed by atoms with Crippen LogP contribution in [0.15, 0.2) is 33.3 Å². The van der Waals surface area contributed by atoms with Crippen LogP contribution >= 0.6 is 39.5 Å². The lowest BCUT2D eigenvalue weighted by Crippen LogP contribution is -2.71. The Kier molecular flexibility index (Phi) is 6.07. The Morgan fingerprint density at radius 1 is 1.48 bits per heavy atom. The van der Waals surface area contributed by atoms with Gasteiger partial charge in [0, 0.05) is 24.8 Å². The van der Waals surface area contributed by atoms with E-state index in [1.54, 1.807) is 26.4 Å². The summed E-state index contributed by atoms with van der Waals surface area (Å²) in [5, 5.41) is 27.8. The van der Waals surface area contributed by atoms with Crippen molar-refractivity contribution in [3.8, 4) is 0 Å². The highest BCUT2D eigenvalue weighted by Gasteiger charge is 2.54. The molecule has 2 aliphatic rings. The maximum Gasteiger partial charge on any atom is 0.352 e. The Hall–Kier alpha value is -2.39. The van der Waals surface area contributed by atoms with E-state index in [1.807, 2.05) is 0 Å². The van der Waals surface area contributed by atoms with Crippen molar-refractivity contribution in [2.75, 3.05) is 11.5 Å². The summed E-state index contributed by atoms with van der Waals surface area (Å²) in [4.78, 5) is 38.6. The van der Waals surface area contributed by atoms with E-state index >= 15 is 0 Å². The lowest BCUT2D eigenvalue weighted by atomic mass is 10.0. The second kappa shape index (κ2) is 8.63. The molecule has 1 saturated heterocycles. The lowest BCUT2D eigenvalue weighted by Gasteiger charge is -2.49. The largest absolute Gasteiger partial charge is 0.477 e. The number of tetrazole rings is 1. The SMILES string of the molecule is C[C@H](C(=O)N[C@@H]1C(=O)N2C(C(=O)O)=C(CSc3nnnn3C)CS[C@H]12)n1cc(Br)cn1. The van der Waals surface area contributed by atoms with Crippen molar-refractivity contribution in [2.24, 2.45) is 7.05 Å². The monoisotopic (exact) mass is 528 g/mol. The highest BCUT2D eigenvalue weighted by atomic mass is 79.9. The number of carboxylic acid groups (broad SMARTS) is 1. The smallest absolute Gasteiger partial charge is 0.352 e. The Labute approximate surface area is 192 Å². The van der Waals surface area contributed by atoms with Crippen LogP contribution < -0.4 is 5.32 Å². The quantitative estimate of drug-likeness (QED) is 0.378. The molecule has 2 aromatic heterocycles. The molecule has 2 aliphatic heterocycles. The molecule has 0 unspecified atom stereocenters. The Bertz CT molecular complexity index is 1090. The molecule has 2 amide bonds. The van der Waals surface area contributed by atoms with Gasteiger partial charge in [0.2, 0.25) is 11.1 Å². The average Bonchev–Trinajstić information content (AvgIpc) is 3.36. The van der Waals surface area contributed by atoms with Gasteiger partial charge < -0.3 is 10.4 Å². The van der Waals surface area contributed by atoms with E-state index in [1.165, 1.54) is 37.8 Å². The molecule has 2 aromatic rings. The number of carbonyl (C=O) groups excluding carboxylic acids is 2.